The summed E-state index contributed by atoms with van der Waals surface area (Å²) in [5.74, 6) is 0.966. The van der Waals surface area contributed by atoms with Gasteiger partial charge in [0, 0.05) is 47.9 Å². The molecule has 8 nitrogen and oxygen atoms in total. The van der Waals surface area contributed by atoms with Gasteiger partial charge in [-0.05, 0) is 36.1 Å². The second-order valence-corrected chi connectivity index (χ2v) is 9.94. The monoisotopic (exact) mass is 503 g/mol. The van der Waals surface area contributed by atoms with Crippen molar-refractivity contribution in [3.8, 4) is 17.2 Å². The number of benzene rings is 2. The Morgan fingerprint density at radius 3 is 2.46 bits per heavy atom. The minimum atomic E-state index is -0.486. The summed E-state index contributed by atoms with van der Waals surface area (Å²) in [4.78, 5) is 27.5. The Bertz CT molecular complexity index is 1440. The highest BCUT2D eigenvalue weighted by molar-refractivity contribution is 6.11. The molecule has 5 rings (SSSR count). The molecular formula is C29H33N3O5. The van der Waals surface area contributed by atoms with Crippen molar-refractivity contribution >= 4 is 28.4 Å². The lowest BCUT2D eigenvalue weighted by Gasteiger charge is -2.23. The number of rotatable bonds is 7. The molecule has 3 aromatic rings. The summed E-state index contributed by atoms with van der Waals surface area (Å²) < 4.78 is 19.4. The molecule has 0 fully saturated rings. The van der Waals surface area contributed by atoms with Gasteiger partial charge in [-0.1, -0.05) is 26.0 Å². The molecule has 194 valence electrons. The first-order valence-corrected chi connectivity index (χ1v) is 12.5. The third-order valence-electron chi connectivity index (χ3n) is 7.31. The van der Waals surface area contributed by atoms with Crippen LogP contribution in [-0.4, -0.2) is 49.2 Å². The third-order valence-corrected chi connectivity index (χ3v) is 7.31. The van der Waals surface area contributed by atoms with E-state index in [4.69, 9.17) is 14.2 Å². The number of carbonyl (C=O) groups is 2. The van der Waals surface area contributed by atoms with Crippen molar-refractivity contribution in [3.05, 3.63) is 58.9 Å². The minimum absolute atomic E-state index is 0.198. The SMILES string of the molecule is COc1ccc([C@@H]2C3=C(CN(C(C)=O)C3=O)Nc3cccc4c3c2cn4CCC(C)C)c(OC)c1OC. The summed E-state index contributed by atoms with van der Waals surface area (Å²) in [6, 6.07) is 9.92. The smallest absolute Gasteiger partial charge is 0.259 e. The van der Waals surface area contributed by atoms with E-state index >= 15 is 0 Å². The molecule has 0 bridgehead atoms. The van der Waals surface area contributed by atoms with E-state index in [0.29, 0.717) is 28.7 Å². The summed E-state index contributed by atoms with van der Waals surface area (Å²) in [6.07, 6.45) is 3.18. The quantitative estimate of drug-likeness (QED) is 0.493. The van der Waals surface area contributed by atoms with Crippen LogP contribution >= 0.6 is 0 Å². The number of ether oxygens (including phenoxy) is 3. The fourth-order valence-electron chi connectivity index (χ4n) is 5.53. The molecule has 0 saturated carbocycles. The van der Waals surface area contributed by atoms with E-state index in [0.717, 1.165) is 46.4 Å². The van der Waals surface area contributed by atoms with Crippen LogP contribution in [0.1, 0.15) is 44.2 Å². The number of aryl methyl sites for hydroxylation is 1. The number of amides is 2. The first-order chi connectivity index (χ1) is 17.8. The van der Waals surface area contributed by atoms with E-state index in [9.17, 15) is 9.59 Å². The van der Waals surface area contributed by atoms with Crippen molar-refractivity contribution in [2.24, 2.45) is 5.92 Å². The van der Waals surface area contributed by atoms with Crippen molar-refractivity contribution in [2.45, 2.75) is 39.7 Å². The van der Waals surface area contributed by atoms with Crippen LogP contribution in [0.3, 0.4) is 0 Å². The molecule has 2 aromatic carbocycles. The molecule has 1 aromatic heterocycles. The average molecular weight is 504 g/mol. The second kappa shape index (κ2) is 9.50. The van der Waals surface area contributed by atoms with E-state index in [-0.39, 0.29) is 18.4 Å². The average Bonchev–Trinajstić information content (AvgIpc) is 3.36. The third kappa shape index (κ3) is 3.91. The summed E-state index contributed by atoms with van der Waals surface area (Å²) >= 11 is 0. The van der Waals surface area contributed by atoms with Gasteiger partial charge < -0.3 is 24.1 Å². The van der Waals surface area contributed by atoms with E-state index in [1.54, 1.807) is 21.3 Å². The molecule has 0 saturated heterocycles. The Morgan fingerprint density at radius 1 is 1.05 bits per heavy atom. The molecule has 0 aliphatic carbocycles. The van der Waals surface area contributed by atoms with Crippen molar-refractivity contribution in [3.63, 3.8) is 0 Å². The predicted molar refractivity (Wildman–Crippen MR) is 142 cm³/mol. The topological polar surface area (TPSA) is 82.0 Å². The fraction of sp³-hybridized carbons (Fsp3) is 0.379. The van der Waals surface area contributed by atoms with Gasteiger partial charge in [0.1, 0.15) is 0 Å². The van der Waals surface area contributed by atoms with Gasteiger partial charge in [0.2, 0.25) is 11.7 Å². The maximum Gasteiger partial charge on any atom is 0.259 e. The van der Waals surface area contributed by atoms with Crippen molar-refractivity contribution in [1.29, 1.82) is 0 Å². The van der Waals surface area contributed by atoms with Crippen LogP contribution in [0.25, 0.3) is 10.9 Å². The molecule has 2 amide bonds. The highest BCUT2D eigenvalue weighted by atomic mass is 16.5. The molecule has 0 unspecified atom stereocenters. The first-order valence-electron chi connectivity index (χ1n) is 12.5. The lowest BCUT2D eigenvalue weighted by molar-refractivity contribution is -0.139. The summed E-state index contributed by atoms with van der Waals surface area (Å²) in [7, 11) is 4.73. The Balaban J connectivity index is 1.82. The lowest BCUT2D eigenvalue weighted by atomic mass is 9.83. The summed E-state index contributed by atoms with van der Waals surface area (Å²) in [5, 5.41) is 4.58. The van der Waals surface area contributed by atoms with Gasteiger partial charge in [-0.3, -0.25) is 14.5 Å². The van der Waals surface area contributed by atoms with Gasteiger partial charge >= 0.3 is 0 Å². The molecule has 1 N–H and O–H groups in total. The number of aromatic nitrogens is 1. The van der Waals surface area contributed by atoms with Crippen LogP contribution in [0.15, 0.2) is 47.8 Å². The van der Waals surface area contributed by atoms with Crippen LogP contribution in [-0.2, 0) is 16.1 Å². The van der Waals surface area contributed by atoms with Crippen LogP contribution in [0.2, 0.25) is 0 Å². The van der Waals surface area contributed by atoms with Gasteiger partial charge in [0.15, 0.2) is 11.5 Å². The lowest BCUT2D eigenvalue weighted by Crippen LogP contribution is -2.33. The predicted octanol–water partition coefficient (Wildman–Crippen LogP) is 4.91. The van der Waals surface area contributed by atoms with Crippen LogP contribution in [0.4, 0.5) is 5.69 Å². The number of hydrogen-bond acceptors (Lipinski definition) is 6. The fourth-order valence-corrected chi connectivity index (χ4v) is 5.53. The van der Waals surface area contributed by atoms with Crippen LogP contribution in [0.5, 0.6) is 17.2 Å². The van der Waals surface area contributed by atoms with Crippen molar-refractivity contribution in [2.75, 3.05) is 33.2 Å². The van der Waals surface area contributed by atoms with Crippen LogP contribution in [0, 0.1) is 5.92 Å². The first kappa shape index (κ1) is 24.7. The van der Waals surface area contributed by atoms with Gasteiger partial charge in [0.25, 0.3) is 5.91 Å². The number of imide groups is 1. The Kier molecular flexibility index (Phi) is 6.35. The number of hydrogen-bond donors (Lipinski definition) is 1. The van der Waals surface area contributed by atoms with Gasteiger partial charge in [-0.15, -0.1) is 0 Å². The van der Waals surface area contributed by atoms with Gasteiger partial charge in [0.05, 0.1) is 39.0 Å². The normalized spacial score (nSPS) is 16.7. The Hall–Kier alpha value is -3.94. The Labute approximate surface area is 216 Å². The number of anilines is 1. The highest BCUT2D eigenvalue weighted by Crippen LogP contribution is 2.51. The number of methoxy groups -OCH3 is 3. The van der Waals surface area contributed by atoms with E-state index < -0.39 is 5.92 Å². The minimum Gasteiger partial charge on any atom is -0.493 e. The number of carbonyl (C=O) groups excluding carboxylic acids is 2. The molecule has 1 atom stereocenters. The maximum atomic E-state index is 13.8. The molecule has 2 aliphatic rings. The summed E-state index contributed by atoms with van der Waals surface area (Å²) in [6.45, 7) is 6.90. The summed E-state index contributed by atoms with van der Waals surface area (Å²) in [5.41, 5.74) is 5.04. The molecule has 0 radical (unpaired) electrons. The number of nitrogens with one attached hydrogen (secondary N) is 1. The molecule has 0 spiro atoms. The largest absolute Gasteiger partial charge is 0.493 e. The molecule has 2 aliphatic heterocycles. The number of nitrogens with zero attached hydrogens (tertiary/aromatic N) is 2. The van der Waals surface area contributed by atoms with E-state index in [2.05, 4.69) is 36.0 Å². The Morgan fingerprint density at radius 2 is 1.81 bits per heavy atom. The zero-order valence-electron chi connectivity index (χ0n) is 22.2. The maximum absolute atomic E-state index is 13.8. The zero-order valence-corrected chi connectivity index (χ0v) is 22.2. The molecule has 37 heavy (non-hydrogen) atoms. The molecule has 3 heterocycles. The van der Waals surface area contributed by atoms with Crippen molar-refractivity contribution < 1.29 is 23.8 Å². The molecular weight excluding hydrogens is 470 g/mol. The van der Waals surface area contributed by atoms with Crippen molar-refractivity contribution in [1.82, 2.24) is 9.47 Å². The standard InChI is InChI=1S/C29H33N3O5/c1-16(2)12-13-31-14-19-24(18-10-11-23(35-4)28(37-6)27(18)36-5)26-21(15-32(17(3)33)29(26)34)30-20-8-7-9-22(31)25(19)20/h7-11,14,16,24,30H,12-13,15H2,1-6H3/t24-/m0/s1. The molecule has 8 heteroatoms. The second-order valence-electron chi connectivity index (χ2n) is 9.94. The van der Waals surface area contributed by atoms with Crippen LogP contribution < -0.4 is 19.5 Å². The zero-order chi connectivity index (χ0) is 26.4. The van der Waals surface area contributed by atoms with E-state index in [1.807, 2.05) is 24.3 Å². The van der Waals surface area contributed by atoms with E-state index in [1.165, 1.54) is 11.8 Å². The highest BCUT2D eigenvalue weighted by Gasteiger charge is 2.43. The van der Waals surface area contributed by atoms with Gasteiger partial charge in [-0.2, -0.15) is 0 Å². The van der Waals surface area contributed by atoms with Gasteiger partial charge in [-0.25, -0.2) is 0 Å².